The smallest absolute Gasteiger partial charge is 0.256 e. The van der Waals surface area contributed by atoms with Crippen LogP contribution in [0.25, 0.3) is 0 Å². The second-order valence-electron chi connectivity index (χ2n) is 3.99. The van der Waals surface area contributed by atoms with Crippen molar-refractivity contribution in [1.29, 1.82) is 5.26 Å². The van der Waals surface area contributed by atoms with Gasteiger partial charge in [-0.05, 0) is 13.0 Å². The predicted octanol–water partition coefficient (Wildman–Crippen LogP) is 1.49. The van der Waals surface area contributed by atoms with Crippen LogP contribution in [0.15, 0.2) is 12.3 Å². The zero-order valence-electron chi connectivity index (χ0n) is 10.6. The van der Waals surface area contributed by atoms with Gasteiger partial charge in [0.15, 0.2) is 11.6 Å². The van der Waals surface area contributed by atoms with Gasteiger partial charge in [-0.3, -0.25) is 4.79 Å². The molecule has 6 heteroatoms. The van der Waals surface area contributed by atoms with E-state index < -0.39 is 11.7 Å². The van der Waals surface area contributed by atoms with Gasteiger partial charge >= 0.3 is 0 Å². The molecule has 0 aliphatic carbocycles. The molecule has 0 radical (unpaired) electrons. The molecular weight excluding hydrogens is 235 g/mol. The summed E-state index contributed by atoms with van der Waals surface area (Å²) in [5.41, 5.74) is -0.0537. The van der Waals surface area contributed by atoms with E-state index in [0.29, 0.717) is 0 Å². The molecule has 1 heterocycles. The highest BCUT2D eigenvalue weighted by Gasteiger charge is 2.20. The standard InChI is InChI=1S/C12H15FN4O/c1-8(6-14)7-17(3)12(18)9-4-5-16-11(15-2)10(9)13/h4-5,8H,7H2,1-3H3,(H,15,16). The number of hydrogen-bond acceptors (Lipinski definition) is 4. The van der Waals surface area contributed by atoms with Crippen LogP contribution in [-0.2, 0) is 0 Å². The van der Waals surface area contributed by atoms with Crippen LogP contribution in [-0.4, -0.2) is 36.4 Å². The molecule has 0 aliphatic rings. The number of amides is 1. The molecule has 0 saturated heterocycles. The van der Waals surface area contributed by atoms with Crippen molar-refractivity contribution in [2.24, 2.45) is 5.92 Å². The fourth-order valence-electron chi connectivity index (χ4n) is 1.52. The zero-order valence-corrected chi connectivity index (χ0v) is 10.6. The quantitative estimate of drug-likeness (QED) is 0.879. The molecule has 1 amide bonds. The maximum absolute atomic E-state index is 13.9. The van der Waals surface area contributed by atoms with Gasteiger partial charge in [0.25, 0.3) is 5.91 Å². The summed E-state index contributed by atoms with van der Waals surface area (Å²) >= 11 is 0. The molecule has 1 unspecified atom stereocenters. The van der Waals surface area contributed by atoms with Gasteiger partial charge in [-0.15, -0.1) is 0 Å². The van der Waals surface area contributed by atoms with Crippen molar-refractivity contribution in [2.45, 2.75) is 6.92 Å². The molecule has 1 aromatic rings. The normalized spacial score (nSPS) is 11.5. The van der Waals surface area contributed by atoms with Gasteiger partial charge in [-0.1, -0.05) is 0 Å². The largest absolute Gasteiger partial charge is 0.371 e. The third-order valence-electron chi connectivity index (χ3n) is 2.47. The highest BCUT2D eigenvalue weighted by Crippen LogP contribution is 2.16. The molecule has 1 rings (SSSR count). The van der Waals surface area contributed by atoms with E-state index in [4.69, 9.17) is 5.26 Å². The van der Waals surface area contributed by atoms with Crippen LogP contribution in [0.2, 0.25) is 0 Å². The second kappa shape index (κ2) is 5.96. The Morgan fingerprint density at radius 3 is 2.94 bits per heavy atom. The lowest BCUT2D eigenvalue weighted by Crippen LogP contribution is -2.31. The lowest BCUT2D eigenvalue weighted by atomic mass is 10.1. The van der Waals surface area contributed by atoms with Gasteiger partial charge in [0, 0.05) is 26.8 Å². The Labute approximate surface area is 105 Å². The first kappa shape index (κ1) is 13.9. The summed E-state index contributed by atoms with van der Waals surface area (Å²) in [5.74, 6) is -1.41. The van der Waals surface area contributed by atoms with Gasteiger partial charge in [0.1, 0.15) is 0 Å². The summed E-state index contributed by atoms with van der Waals surface area (Å²) in [4.78, 5) is 17.1. The third kappa shape index (κ3) is 2.94. The molecule has 0 aromatic carbocycles. The minimum atomic E-state index is -0.679. The van der Waals surface area contributed by atoms with Crippen LogP contribution < -0.4 is 5.32 Å². The summed E-state index contributed by atoms with van der Waals surface area (Å²) in [6.45, 7) is 1.96. The monoisotopic (exact) mass is 250 g/mol. The van der Waals surface area contributed by atoms with Crippen molar-refractivity contribution < 1.29 is 9.18 Å². The predicted molar refractivity (Wildman–Crippen MR) is 65.5 cm³/mol. The summed E-state index contributed by atoms with van der Waals surface area (Å²) in [7, 11) is 3.07. The molecule has 18 heavy (non-hydrogen) atoms. The van der Waals surface area contributed by atoms with Crippen LogP contribution in [0.5, 0.6) is 0 Å². The van der Waals surface area contributed by atoms with Crippen LogP contribution >= 0.6 is 0 Å². The molecule has 0 fully saturated rings. The first-order valence-corrected chi connectivity index (χ1v) is 5.48. The number of carbonyl (C=O) groups is 1. The minimum absolute atomic E-state index is 0.0302. The number of halogens is 1. The molecule has 1 atom stereocenters. The summed E-state index contributed by atoms with van der Waals surface area (Å²) in [6, 6.07) is 3.35. The highest BCUT2D eigenvalue weighted by molar-refractivity contribution is 5.95. The van der Waals surface area contributed by atoms with E-state index in [2.05, 4.69) is 10.3 Å². The SMILES string of the molecule is CNc1nccc(C(=O)N(C)CC(C)C#N)c1F. The molecule has 1 N–H and O–H groups in total. The molecular formula is C12H15FN4O. The van der Waals surface area contributed by atoms with Gasteiger partial charge in [0.2, 0.25) is 0 Å². The molecule has 0 bridgehead atoms. The first-order chi connectivity index (χ1) is 8.51. The van der Waals surface area contributed by atoms with Crippen molar-refractivity contribution in [3.8, 4) is 6.07 Å². The Morgan fingerprint density at radius 2 is 2.39 bits per heavy atom. The third-order valence-corrected chi connectivity index (χ3v) is 2.47. The lowest BCUT2D eigenvalue weighted by molar-refractivity contribution is 0.0780. The van der Waals surface area contributed by atoms with E-state index in [1.54, 1.807) is 6.92 Å². The first-order valence-electron chi connectivity index (χ1n) is 5.48. The maximum Gasteiger partial charge on any atom is 0.256 e. The van der Waals surface area contributed by atoms with Crippen molar-refractivity contribution in [2.75, 3.05) is 26.0 Å². The lowest BCUT2D eigenvalue weighted by Gasteiger charge is -2.18. The molecule has 0 saturated carbocycles. The van der Waals surface area contributed by atoms with Crippen molar-refractivity contribution in [3.63, 3.8) is 0 Å². The number of carbonyl (C=O) groups excluding carboxylic acids is 1. The van der Waals surface area contributed by atoms with Crippen LogP contribution in [0, 0.1) is 23.1 Å². The molecule has 0 spiro atoms. The summed E-state index contributed by atoms with van der Waals surface area (Å²) < 4.78 is 13.9. The second-order valence-corrected chi connectivity index (χ2v) is 3.99. The minimum Gasteiger partial charge on any atom is -0.371 e. The van der Waals surface area contributed by atoms with Crippen LogP contribution in [0.3, 0.4) is 0 Å². The molecule has 1 aromatic heterocycles. The Morgan fingerprint density at radius 1 is 1.72 bits per heavy atom. The zero-order chi connectivity index (χ0) is 13.7. The number of pyridine rings is 1. The average molecular weight is 250 g/mol. The van der Waals surface area contributed by atoms with Crippen LogP contribution in [0.4, 0.5) is 10.2 Å². The van der Waals surface area contributed by atoms with Gasteiger partial charge in [-0.25, -0.2) is 9.37 Å². The number of nitrogens with zero attached hydrogens (tertiary/aromatic N) is 3. The Balaban J connectivity index is 2.94. The number of nitriles is 1. The highest BCUT2D eigenvalue weighted by atomic mass is 19.1. The maximum atomic E-state index is 13.9. The van der Waals surface area contributed by atoms with Crippen molar-refractivity contribution in [1.82, 2.24) is 9.88 Å². The Hall–Kier alpha value is -2.16. The van der Waals surface area contributed by atoms with E-state index >= 15 is 0 Å². The van der Waals surface area contributed by atoms with E-state index in [-0.39, 0.29) is 23.8 Å². The number of rotatable bonds is 4. The Bertz CT molecular complexity index is 483. The van der Waals surface area contributed by atoms with Crippen LogP contribution in [0.1, 0.15) is 17.3 Å². The fourth-order valence-corrected chi connectivity index (χ4v) is 1.52. The molecule has 96 valence electrons. The van der Waals surface area contributed by atoms with E-state index in [1.807, 2.05) is 6.07 Å². The average Bonchev–Trinajstić information content (AvgIpc) is 2.38. The summed E-state index contributed by atoms with van der Waals surface area (Å²) in [6.07, 6.45) is 1.36. The van der Waals surface area contributed by atoms with Crippen molar-refractivity contribution >= 4 is 11.7 Å². The molecule has 5 nitrogen and oxygen atoms in total. The Kier molecular flexibility index (Phi) is 4.60. The van der Waals surface area contributed by atoms with Gasteiger partial charge < -0.3 is 10.2 Å². The van der Waals surface area contributed by atoms with E-state index in [0.717, 1.165) is 0 Å². The van der Waals surface area contributed by atoms with Crippen molar-refractivity contribution in [3.05, 3.63) is 23.6 Å². The van der Waals surface area contributed by atoms with E-state index in [9.17, 15) is 9.18 Å². The number of anilines is 1. The summed E-state index contributed by atoms with van der Waals surface area (Å²) in [5, 5.41) is 11.3. The number of aromatic nitrogens is 1. The molecule has 0 aliphatic heterocycles. The topological polar surface area (TPSA) is 69.0 Å². The fraction of sp³-hybridized carbons (Fsp3) is 0.417. The van der Waals surface area contributed by atoms with Gasteiger partial charge in [0.05, 0.1) is 17.6 Å². The number of hydrogen-bond donors (Lipinski definition) is 1. The van der Waals surface area contributed by atoms with Gasteiger partial charge in [-0.2, -0.15) is 5.26 Å². The number of nitrogens with one attached hydrogen (secondary N) is 1. The van der Waals surface area contributed by atoms with E-state index in [1.165, 1.54) is 31.3 Å².